The molecule has 2 atom stereocenters. The Morgan fingerprint density at radius 2 is 2.00 bits per heavy atom. The molecule has 0 saturated carbocycles. The summed E-state index contributed by atoms with van der Waals surface area (Å²) >= 11 is 0. The number of piperidine rings is 1. The molecule has 3 N–H and O–H groups in total. The van der Waals surface area contributed by atoms with Gasteiger partial charge in [-0.05, 0) is 19.4 Å². The summed E-state index contributed by atoms with van der Waals surface area (Å²) in [5.41, 5.74) is 5.35. The Morgan fingerprint density at radius 1 is 1.24 bits per heavy atom. The van der Waals surface area contributed by atoms with Crippen molar-refractivity contribution in [2.75, 3.05) is 26.2 Å². The molecular formula is C11H19N3O3. The van der Waals surface area contributed by atoms with Crippen LogP contribution < -0.4 is 5.73 Å². The zero-order valence-corrected chi connectivity index (χ0v) is 9.84. The van der Waals surface area contributed by atoms with Gasteiger partial charge in [-0.2, -0.15) is 0 Å². The first kappa shape index (κ1) is 12.3. The van der Waals surface area contributed by atoms with Crippen LogP contribution in [-0.2, 0) is 9.59 Å². The van der Waals surface area contributed by atoms with Crippen molar-refractivity contribution in [3.63, 3.8) is 0 Å². The lowest BCUT2D eigenvalue weighted by Gasteiger charge is -2.44. The monoisotopic (exact) mass is 241 g/mol. The molecule has 0 aromatic heterocycles. The van der Waals surface area contributed by atoms with Crippen LogP contribution in [0.2, 0.25) is 0 Å². The minimum Gasteiger partial charge on any atom is -0.480 e. The molecule has 1 amide bonds. The van der Waals surface area contributed by atoms with E-state index in [0.717, 1.165) is 19.5 Å². The van der Waals surface area contributed by atoms with Crippen LogP contribution in [0, 0.1) is 0 Å². The summed E-state index contributed by atoms with van der Waals surface area (Å²) in [6.07, 6.45) is 3.50. The number of piperazine rings is 1. The summed E-state index contributed by atoms with van der Waals surface area (Å²) in [6.45, 7) is 3.15. The van der Waals surface area contributed by atoms with Crippen molar-refractivity contribution >= 4 is 11.9 Å². The Balaban J connectivity index is 1.95. The lowest BCUT2D eigenvalue weighted by atomic mass is 9.99. The van der Waals surface area contributed by atoms with Crippen molar-refractivity contribution in [3.05, 3.63) is 0 Å². The number of carboxylic acids is 1. The van der Waals surface area contributed by atoms with Crippen molar-refractivity contribution in [1.82, 2.24) is 9.80 Å². The van der Waals surface area contributed by atoms with Crippen molar-refractivity contribution in [1.29, 1.82) is 0 Å². The molecule has 0 aromatic carbocycles. The van der Waals surface area contributed by atoms with E-state index in [-0.39, 0.29) is 0 Å². The number of nitrogens with two attached hydrogens (primary N) is 1. The number of aliphatic carboxylic acids is 1. The largest absolute Gasteiger partial charge is 0.480 e. The maximum atomic E-state index is 11.8. The number of amides is 1. The number of carboxylic acid groups (broad SMARTS) is 1. The third kappa shape index (κ3) is 2.58. The number of hydrogen-bond donors (Lipinski definition) is 2. The van der Waals surface area contributed by atoms with Gasteiger partial charge < -0.3 is 15.7 Å². The van der Waals surface area contributed by atoms with Crippen LogP contribution >= 0.6 is 0 Å². The van der Waals surface area contributed by atoms with Crippen LogP contribution in [0.1, 0.15) is 19.3 Å². The van der Waals surface area contributed by atoms with Crippen LogP contribution in [0.15, 0.2) is 0 Å². The highest BCUT2D eigenvalue weighted by Gasteiger charge is 2.34. The molecule has 0 bridgehead atoms. The van der Waals surface area contributed by atoms with Gasteiger partial charge in [-0.1, -0.05) is 6.42 Å². The van der Waals surface area contributed by atoms with Crippen molar-refractivity contribution in [3.8, 4) is 0 Å². The van der Waals surface area contributed by atoms with Crippen LogP contribution in [0.5, 0.6) is 0 Å². The molecule has 2 aliphatic heterocycles. The third-order valence-corrected chi connectivity index (χ3v) is 3.68. The SMILES string of the molecule is NC(C(=O)O)C(=O)N1CCN2CCCCC2C1. The van der Waals surface area contributed by atoms with Gasteiger partial charge in [0.05, 0.1) is 0 Å². The van der Waals surface area contributed by atoms with Gasteiger partial charge >= 0.3 is 5.97 Å². The van der Waals surface area contributed by atoms with Crippen molar-refractivity contribution in [2.24, 2.45) is 5.73 Å². The molecule has 0 aromatic rings. The van der Waals surface area contributed by atoms with E-state index < -0.39 is 17.9 Å². The van der Waals surface area contributed by atoms with E-state index in [9.17, 15) is 9.59 Å². The average molecular weight is 241 g/mol. The van der Waals surface area contributed by atoms with Gasteiger partial charge in [-0.25, -0.2) is 4.79 Å². The molecule has 0 aliphatic carbocycles. The van der Waals surface area contributed by atoms with E-state index in [1.54, 1.807) is 4.90 Å². The Kier molecular flexibility index (Phi) is 3.63. The minimum atomic E-state index is -1.41. The Hall–Kier alpha value is -1.14. The summed E-state index contributed by atoms with van der Waals surface area (Å²) in [7, 11) is 0. The van der Waals surface area contributed by atoms with E-state index in [1.165, 1.54) is 12.8 Å². The van der Waals surface area contributed by atoms with E-state index >= 15 is 0 Å². The molecule has 2 fully saturated rings. The van der Waals surface area contributed by atoms with Gasteiger partial charge in [0, 0.05) is 25.7 Å². The number of fused-ring (bicyclic) bond motifs is 1. The van der Waals surface area contributed by atoms with E-state index in [0.29, 0.717) is 19.1 Å². The van der Waals surface area contributed by atoms with Crippen LogP contribution in [-0.4, -0.2) is 65.0 Å². The zero-order valence-electron chi connectivity index (χ0n) is 9.84. The molecular weight excluding hydrogens is 222 g/mol. The molecule has 2 aliphatic rings. The third-order valence-electron chi connectivity index (χ3n) is 3.68. The summed E-state index contributed by atoms with van der Waals surface area (Å²) in [5.74, 6) is -1.70. The number of hydrogen-bond acceptors (Lipinski definition) is 4. The molecule has 2 unspecified atom stereocenters. The summed E-state index contributed by atoms with van der Waals surface area (Å²) in [4.78, 5) is 26.5. The first-order chi connectivity index (χ1) is 8.09. The number of carbonyl (C=O) groups excluding carboxylic acids is 1. The smallest absolute Gasteiger partial charge is 0.330 e. The molecule has 2 rings (SSSR count). The lowest BCUT2D eigenvalue weighted by molar-refractivity contribution is -0.148. The van der Waals surface area contributed by atoms with Gasteiger partial charge in [-0.3, -0.25) is 9.69 Å². The maximum absolute atomic E-state index is 11.8. The van der Waals surface area contributed by atoms with Crippen LogP contribution in [0.25, 0.3) is 0 Å². The predicted molar refractivity (Wildman–Crippen MR) is 61.4 cm³/mol. The Bertz CT molecular complexity index is 321. The highest BCUT2D eigenvalue weighted by molar-refractivity contribution is 6.00. The van der Waals surface area contributed by atoms with E-state index in [4.69, 9.17) is 10.8 Å². The van der Waals surface area contributed by atoms with Gasteiger partial charge in [0.15, 0.2) is 6.04 Å². The number of rotatable bonds is 2. The van der Waals surface area contributed by atoms with Gasteiger partial charge in [0.2, 0.25) is 0 Å². The van der Waals surface area contributed by atoms with Gasteiger partial charge in [0.25, 0.3) is 5.91 Å². The molecule has 6 heteroatoms. The van der Waals surface area contributed by atoms with E-state index in [1.807, 2.05) is 0 Å². The second-order valence-corrected chi connectivity index (χ2v) is 4.79. The standard InChI is InChI=1S/C11H19N3O3/c12-9(11(16)17)10(15)14-6-5-13-4-2-1-3-8(13)7-14/h8-9H,1-7,12H2,(H,16,17). The highest BCUT2D eigenvalue weighted by atomic mass is 16.4. The van der Waals surface area contributed by atoms with Crippen LogP contribution in [0.4, 0.5) is 0 Å². The first-order valence-electron chi connectivity index (χ1n) is 6.11. The summed E-state index contributed by atoms with van der Waals surface area (Å²) < 4.78 is 0. The Morgan fingerprint density at radius 3 is 2.71 bits per heavy atom. The normalized spacial score (nSPS) is 27.4. The Labute approximate surface area is 100 Å². The van der Waals surface area contributed by atoms with Crippen molar-refractivity contribution in [2.45, 2.75) is 31.3 Å². The molecule has 2 saturated heterocycles. The molecule has 96 valence electrons. The molecule has 17 heavy (non-hydrogen) atoms. The fourth-order valence-electron chi connectivity index (χ4n) is 2.66. The predicted octanol–water partition coefficient (Wildman–Crippen LogP) is -0.905. The molecule has 0 spiro atoms. The van der Waals surface area contributed by atoms with Gasteiger partial charge in [-0.15, -0.1) is 0 Å². The zero-order chi connectivity index (χ0) is 12.4. The number of carbonyl (C=O) groups is 2. The summed E-state index contributed by atoms with van der Waals surface area (Å²) in [5, 5.41) is 8.73. The van der Waals surface area contributed by atoms with Crippen molar-refractivity contribution < 1.29 is 14.7 Å². The maximum Gasteiger partial charge on any atom is 0.330 e. The lowest BCUT2D eigenvalue weighted by Crippen LogP contribution is -2.59. The second-order valence-electron chi connectivity index (χ2n) is 4.79. The topological polar surface area (TPSA) is 86.9 Å². The van der Waals surface area contributed by atoms with Gasteiger partial charge in [0.1, 0.15) is 0 Å². The molecule has 2 heterocycles. The fourth-order valence-corrected chi connectivity index (χ4v) is 2.66. The molecule has 6 nitrogen and oxygen atoms in total. The quantitative estimate of drug-likeness (QED) is 0.611. The minimum absolute atomic E-state index is 0.391. The summed E-state index contributed by atoms with van der Waals surface area (Å²) in [6, 6.07) is -1.02. The number of nitrogens with zero attached hydrogens (tertiary/aromatic N) is 2. The first-order valence-corrected chi connectivity index (χ1v) is 6.11. The van der Waals surface area contributed by atoms with E-state index in [2.05, 4.69) is 4.90 Å². The second kappa shape index (κ2) is 5.01. The average Bonchev–Trinajstić information content (AvgIpc) is 2.36. The van der Waals surface area contributed by atoms with Crippen LogP contribution in [0.3, 0.4) is 0 Å². The highest BCUT2D eigenvalue weighted by Crippen LogP contribution is 2.21. The fraction of sp³-hybridized carbons (Fsp3) is 0.818. The molecule has 0 radical (unpaired) electrons.